The van der Waals surface area contributed by atoms with E-state index in [1.54, 1.807) is 19.2 Å². The molecule has 3 aromatic carbocycles. The van der Waals surface area contributed by atoms with Gasteiger partial charge in [0.15, 0.2) is 0 Å². The molecule has 13 heteroatoms. The summed E-state index contributed by atoms with van der Waals surface area (Å²) in [7, 11) is 3.09. The van der Waals surface area contributed by atoms with Crippen molar-refractivity contribution in [1.82, 2.24) is 14.5 Å². The van der Waals surface area contributed by atoms with Crippen molar-refractivity contribution in [3.05, 3.63) is 77.6 Å². The van der Waals surface area contributed by atoms with Crippen molar-refractivity contribution < 1.29 is 38.8 Å². The van der Waals surface area contributed by atoms with Crippen LogP contribution in [0.3, 0.4) is 0 Å². The first kappa shape index (κ1) is 33.1. The minimum absolute atomic E-state index is 0.103. The highest BCUT2D eigenvalue weighted by molar-refractivity contribution is 6.32. The first-order valence-corrected chi connectivity index (χ1v) is 14.6. The third-order valence-corrected chi connectivity index (χ3v) is 7.59. The van der Waals surface area contributed by atoms with Crippen LogP contribution in [-0.2, 0) is 27.5 Å². The zero-order valence-electron chi connectivity index (χ0n) is 24.9. The molecule has 2 heterocycles. The molecule has 45 heavy (non-hydrogen) atoms. The van der Waals surface area contributed by atoms with Gasteiger partial charge in [-0.3, -0.25) is 9.69 Å². The SMILES string of the molecule is COc1cc(OC)c(NC(=O)CN2CCC(Cn3c(COc4ccccc4)nc4ccccc43)CC2)cc1Cl.O=C(O)C(=O)O. The zero-order valence-corrected chi connectivity index (χ0v) is 25.7. The summed E-state index contributed by atoms with van der Waals surface area (Å²) in [6, 6.07) is 21.4. The monoisotopic (exact) mass is 638 g/mol. The summed E-state index contributed by atoms with van der Waals surface area (Å²) in [5, 5.41) is 18.1. The van der Waals surface area contributed by atoms with Crippen LogP contribution in [-0.4, -0.2) is 76.4 Å². The number of para-hydroxylation sites is 3. The van der Waals surface area contributed by atoms with Gasteiger partial charge in [-0.1, -0.05) is 41.9 Å². The van der Waals surface area contributed by atoms with E-state index in [0.717, 1.165) is 55.1 Å². The molecule has 5 rings (SSSR count). The molecule has 0 radical (unpaired) electrons. The number of ether oxygens (including phenoxy) is 3. The highest BCUT2D eigenvalue weighted by Crippen LogP contribution is 2.36. The van der Waals surface area contributed by atoms with Crippen molar-refractivity contribution in [1.29, 1.82) is 0 Å². The van der Waals surface area contributed by atoms with E-state index in [2.05, 4.69) is 26.9 Å². The molecule has 1 saturated heterocycles. The first-order chi connectivity index (χ1) is 21.7. The number of nitrogens with zero attached hydrogens (tertiary/aromatic N) is 3. The van der Waals surface area contributed by atoms with Crippen molar-refractivity contribution >= 4 is 46.2 Å². The van der Waals surface area contributed by atoms with Gasteiger partial charge in [0.05, 0.1) is 42.5 Å². The van der Waals surface area contributed by atoms with Gasteiger partial charge in [0.1, 0.15) is 29.7 Å². The fourth-order valence-corrected chi connectivity index (χ4v) is 5.28. The van der Waals surface area contributed by atoms with Gasteiger partial charge in [-0.05, 0) is 62.2 Å². The standard InChI is InChI=1S/C30H33ClN4O4.C2H2O4/c1-37-27-17-28(38-2)25(16-23(27)31)33-30(36)19-34-14-12-21(13-15-34)18-35-26-11-7-6-10-24(26)32-29(35)20-39-22-8-4-3-5-9-22;3-1(4)2(5)6/h3-11,16-17,21H,12-15,18-20H2,1-2H3,(H,33,36);(H,3,4)(H,5,6). The Morgan fingerprint density at radius 1 is 0.933 bits per heavy atom. The lowest BCUT2D eigenvalue weighted by molar-refractivity contribution is -0.159. The third-order valence-electron chi connectivity index (χ3n) is 7.29. The fraction of sp³-hybridized carbons (Fsp3) is 0.312. The van der Waals surface area contributed by atoms with Crippen LogP contribution in [0.2, 0.25) is 5.02 Å². The number of hydrogen-bond donors (Lipinski definition) is 3. The number of fused-ring (bicyclic) bond motifs is 1. The molecular formula is C32H35ClN4O8. The summed E-state index contributed by atoms with van der Waals surface area (Å²) in [5.41, 5.74) is 2.63. The average molecular weight is 639 g/mol. The summed E-state index contributed by atoms with van der Waals surface area (Å²) in [4.78, 5) is 38.1. The molecule has 1 amide bonds. The van der Waals surface area contributed by atoms with Gasteiger partial charge in [0.2, 0.25) is 5.91 Å². The number of carboxylic acid groups (broad SMARTS) is 2. The van der Waals surface area contributed by atoms with Gasteiger partial charge >= 0.3 is 11.9 Å². The van der Waals surface area contributed by atoms with Gasteiger partial charge in [0.25, 0.3) is 0 Å². The van der Waals surface area contributed by atoms with Crippen molar-refractivity contribution in [2.75, 3.05) is 39.2 Å². The number of amides is 1. The van der Waals surface area contributed by atoms with Crippen molar-refractivity contribution in [3.8, 4) is 17.2 Å². The number of aliphatic carboxylic acids is 2. The number of anilines is 1. The van der Waals surface area contributed by atoms with E-state index in [1.807, 2.05) is 42.5 Å². The second-order valence-corrected chi connectivity index (χ2v) is 10.7. The molecule has 1 fully saturated rings. The quantitative estimate of drug-likeness (QED) is 0.207. The molecule has 238 valence electrons. The topological polar surface area (TPSA) is 152 Å². The number of carbonyl (C=O) groups is 3. The van der Waals surface area contributed by atoms with Crippen LogP contribution in [0.5, 0.6) is 17.2 Å². The number of imidazole rings is 1. The Morgan fingerprint density at radius 3 is 2.22 bits per heavy atom. The van der Waals surface area contributed by atoms with Gasteiger partial charge in [-0.15, -0.1) is 0 Å². The van der Waals surface area contributed by atoms with Gasteiger partial charge < -0.3 is 34.3 Å². The summed E-state index contributed by atoms with van der Waals surface area (Å²) >= 11 is 6.25. The predicted molar refractivity (Wildman–Crippen MR) is 168 cm³/mol. The van der Waals surface area contributed by atoms with E-state index in [4.69, 9.17) is 50.6 Å². The number of carboxylic acids is 2. The molecule has 1 aromatic heterocycles. The maximum atomic E-state index is 12.8. The first-order valence-electron chi connectivity index (χ1n) is 14.2. The molecular weight excluding hydrogens is 604 g/mol. The molecule has 0 spiro atoms. The van der Waals surface area contributed by atoms with E-state index in [9.17, 15) is 4.79 Å². The number of methoxy groups -OCH3 is 2. The molecule has 3 N–H and O–H groups in total. The molecule has 0 unspecified atom stereocenters. The van der Waals surface area contributed by atoms with Crippen molar-refractivity contribution in [2.45, 2.75) is 26.0 Å². The van der Waals surface area contributed by atoms with Gasteiger partial charge in [-0.2, -0.15) is 0 Å². The van der Waals surface area contributed by atoms with Crippen LogP contribution in [0.25, 0.3) is 11.0 Å². The second kappa shape index (κ2) is 15.8. The number of piperidine rings is 1. The minimum atomic E-state index is -1.82. The molecule has 1 aliphatic rings. The van der Waals surface area contributed by atoms with Crippen LogP contribution in [0, 0.1) is 5.92 Å². The Bertz CT molecular complexity index is 1610. The Morgan fingerprint density at radius 2 is 1.58 bits per heavy atom. The number of hydrogen-bond acceptors (Lipinski definition) is 8. The number of likely N-dealkylation sites (tertiary alicyclic amines) is 1. The van der Waals surface area contributed by atoms with E-state index >= 15 is 0 Å². The number of rotatable bonds is 10. The van der Waals surface area contributed by atoms with Crippen LogP contribution in [0.4, 0.5) is 5.69 Å². The number of halogens is 1. The highest BCUT2D eigenvalue weighted by Gasteiger charge is 2.24. The highest BCUT2D eigenvalue weighted by atomic mass is 35.5. The van der Waals surface area contributed by atoms with E-state index < -0.39 is 11.9 Å². The Labute approximate surface area is 265 Å². The summed E-state index contributed by atoms with van der Waals surface area (Å²) in [5.74, 6) is -0.514. The largest absolute Gasteiger partial charge is 0.495 e. The lowest BCUT2D eigenvalue weighted by Crippen LogP contribution is -2.40. The molecule has 0 bridgehead atoms. The fourth-order valence-electron chi connectivity index (χ4n) is 5.04. The van der Waals surface area contributed by atoms with Crippen molar-refractivity contribution in [2.24, 2.45) is 5.92 Å². The lowest BCUT2D eigenvalue weighted by atomic mass is 9.96. The summed E-state index contributed by atoms with van der Waals surface area (Å²) in [6.45, 7) is 3.29. The lowest BCUT2D eigenvalue weighted by Gasteiger charge is -2.32. The Balaban J connectivity index is 0.000000700. The maximum absolute atomic E-state index is 12.8. The molecule has 0 saturated carbocycles. The predicted octanol–water partition coefficient (Wildman–Crippen LogP) is 4.79. The number of carbonyl (C=O) groups excluding carboxylic acids is 1. The normalized spacial score (nSPS) is 13.4. The van der Waals surface area contributed by atoms with Crippen LogP contribution < -0.4 is 19.5 Å². The number of benzene rings is 3. The van der Waals surface area contributed by atoms with E-state index in [0.29, 0.717) is 41.3 Å². The summed E-state index contributed by atoms with van der Waals surface area (Å²) < 4.78 is 19.0. The van der Waals surface area contributed by atoms with Gasteiger partial charge in [-0.25, -0.2) is 14.6 Å². The Hall–Kier alpha value is -4.81. The number of aromatic nitrogens is 2. The summed E-state index contributed by atoms with van der Waals surface area (Å²) in [6.07, 6.45) is 1.99. The van der Waals surface area contributed by atoms with Crippen molar-refractivity contribution in [3.63, 3.8) is 0 Å². The van der Waals surface area contributed by atoms with Crippen LogP contribution in [0.15, 0.2) is 66.7 Å². The molecule has 0 atom stereocenters. The average Bonchev–Trinajstić information content (AvgIpc) is 3.38. The smallest absolute Gasteiger partial charge is 0.414 e. The maximum Gasteiger partial charge on any atom is 0.414 e. The molecule has 12 nitrogen and oxygen atoms in total. The molecule has 0 aliphatic carbocycles. The van der Waals surface area contributed by atoms with Crippen LogP contribution >= 0.6 is 11.6 Å². The van der Waals surface area contributed by atoms with Crippen LogP contribution in [0.1, 0.15) is 18.7 Å². The van der Waals surface area contributed by atoms with E-state index in [1.165, 1.54) is 7.11 Å². The minimum Gasteiger partial charge on any atom is -0.495 e. The third kappa shape index (κ3) is 9.10. The van der Waals surface area contributed by atoms with Gasteiger partial charge in [0, 0.05) is 12.6 Å². The van der Waals surface area contributed by atoms with E-state index in [-0.39, 0.29) is 5.91 Å². The zero-order chi connectivity index (χ0) is 32.3. The number of nitrogens with one attached hydrogen (secondary N) is 1. The Kier molecular flexibility index (Phi) is 11.6. The second-order valence-electron chi connectivity index (χ2n) is 10.3. The molecule has 4 aromatic rings. The molecule has 1 aliphatic heterocycles.